The molecule has 44 heavy (non-hydrogen) atoms. The number of aromatic hydroxyl groups is 1. The number of thiophene rings is 1. The van der Waals surface area contributed by atoms with Crippen molar-refractivity contribution in [3.05, 3.63) is 45.0 Å². The quantitative estimate of drug-likeness (QED) is 0.150. The number of Topliss-reactive ketones (excluding diaryl/α,β-unsaturated/α-hetero) is 1. The van der Waals surface area contributed by atoms with Crippen molar-refractivity contribution >= 4 is 56.7 Å². The lowest BCUT2D eigenvalue weighted by molar-refractivity contribution is -0.145. The van der Waals surface area contributed by atoms with Gasteiger partial charge in [-0.3, -0.25) is 19.2 Å². The van der Waals surface area contributed by atoms with Crippen LogP contribution in [-0.4, -0.2) is 64.2 Å². The van der Waals surface area contributed by atoms with Crippen LogP contribution >= 0.6 is 22.9 Å². The van der Waals surface area contributed by atoms with Crippen LogP contribution in [0.15, 0.2) is 18.2 Å². The minimum atomic E-state index is -1.09. The topological polar surface area (TPSA) is 160 Å². The van der Waals surface area contributed by atoms with E-state index in [0.29, 0.717) is 22.9 Å². The zero-order valence-corrected chi connectivity index (χ0v) is 25.7. The third-order valence-electron chi connectivity index (χ3n) is 7.23. The van der Waals surface area contributed by atoms with Crippen LogP contribution in [0.2, 0.25) is 5.02 Å². The van der Waals surface area contributed by atoms with Gasteiger partial charge in [-0.2, -0.15) is 0 Å². The summed E-state index contributed by atoms with van der Waals surface area (Å²) in [7, 11) is 1.29. The first kappa shape index (κ1) is 32.8. The summed E-state index contributed by atoms with van der Waals surface area (Å²) in [4.78, 5) is 49.0. The number of amides is 1. The predicted octanol–water partition coefficient (Wildman–Crippen LogP) is 5.50. The Kier molecular flexibility index (Phi) is 10.2. The fourth-order valence-corrected chi connectivity index (χ4v) is 5.96. The first-order valence-corrected chi connectivity index (χ1v) is 14.9. The average molecular weight is 652 g/mol. The molecular weight excluding hydrogens is 621 g/mol. The molecule has 2 aromatic carbocycles. The minimum Gasteiger partial charge on any atom is -0.503 e. The highest BCUT2D eigenvalue weighted by Crippen LogP contribution is 2.43. The lowest BCUT2D eigenvalue weighted by Crippen LogP contribution is -2.28. The highest BCUT2D eigenvalue weighted by Gasteiger charge is 2.30. The van der Waals surface area contributed by atoms with Crippen LogP contribution in [-0.2, 0) is 27.5 Å². The summed E-state index contributed by atoms with van der Waals surface area (Å²) in [6.07, 6.45) is -0.0531. The maximum atomic E-state index is 15.2. The van der Waals surface area contributed by atoms with E-state index in [9.17, 15) is 24.3 Å². The van der Waals surface area contributed by atoms with Crippen LogP contribution < -0.4 is 14.2 Å². The van der Waals surface area contributed by atoms with Crippen molar-refractivity contribution < 1.29 is 53.1 Å². The van der Waals surface area contributed by atoms with Crippen molar-refractivity contribution in [1.82, 2.24) is 4.90 Å². The van der Waals surface area contributed by atoms with Crippen LogP contribution in [0.25, 0.3) is 10.1 Å². The zero-order chi connectivity index (χ0) is 32.3. The van der Waals surface area contributed by atoms with Gasteiger partial charge in [-0.1, -0.05) is 25.4 Å². The van der Waals surface area contributed by atoms with Gasteiger partial charge in [0.15, 0.2) is 34.6 Å². The smallest absolute Gasteiger partial charge is 0.306 e. The zero-order valence-electron chi connectivity index (χ0n) is 24.1. The second kappa shape index (κ2) is 13.7. The van der Waals surface area contributed by atoms with E-state index in [0.717, 1.165) is 11.3 Å². The fraction of sp³-hybridized carbons (Fsp3) is 0.400. The molecule has 14 heteroatoms. The third kappa shape index (κ3) is 6.99. The van der Waals surface area contributed by atoms with Gasteiger partial charge in [0.2, 0.25) is 5.91 Å². The van der Waals surface area contributed by atoms with Crippen molar-refractivity contribution in [1.29, 1.82) is 0 Å². The number of carbonyl (C=O) groups is 4. The van der Waals surface area contributed by atoms with E-state index < -0.39 is 35.4 Å². The molecular formula is C30H31ClFNO10S. The van der Waals surface area contributed by atoms with E-state index in [-0.39, 0.29) is 82.6 Å². The molecule has 0 saturated carbocycles. The molecule has 1 amide bonds. The van der Waals surface area contributed by atoms with Gasteiger partial charge >= 0.3 is 11.9 Å². The van der Waals surface area contributed by atoms with E-state index in [2.05, 4.69) is 0 Å². The summed E-state index contributed by atoms with van der Waals surface area (Å²) in [6.45, 7) is 3.39. The van der Waals surface area contributed by atoms with Crippen molar-refractivity contribution in [2.75, 3.05) is 20.3 Å². The molecule has 1 aliphatic rings. The van der Waals surface area contributed by atoms with Gasteiger partial charge < -0.3 is 34.4 Å². The van der Waals surface area contributed by atoms with Gasteiger partial charge in [-0.15, -0.1) is 11.3 Å². The van der Waals surface area contributed by atoms with E-state index in [1.54, 1.807) is 12.1 Å². The van der Waals surface area contributed by atoms with E-state index in [1.807, 2.05) is 0 Å². The summed E-state index contributed by atoms with van der Waals surface area (Å²) >= 11 is 7.28. The molecule has 2 heterocycles. The van der Waals surface area contributed by atoms with Crippen LogP contribution in [0.1, 0.15) is 53.9 Å². The third-order valence-corrected chi connectivity index (χ3v) is 8.82. The number of ketones is 1. The number of hydrogen-bond acceptors (Lipinski definition) is 9. The first-order valence-electron chi connectivity index (χ1n) is 13.7. The number of phenols is 1. The second-order valence-electron chi connectivity index (χ2n) is 10.5. The van der Waals surface area contributed by atoms with Crippen LogP contribution in [0, 0.1) is 17.7 Å². The Hall–Kier alpha value is -4.10. The average Bonchev–Trinajstić information content (AvgIpc) is 3.60. The minimum absolute atomic E-state index is 0.0508. The maximum Gasteiger partial charge on any atom is 0.306 e. The number of carbonyl (C=O) groups excluding carboxylic acids is 2. The summed E-state index contributed by atoms with van der Waals surface area (Å²) in [5, 5.41) is 29.2. The van der Waals surface area contributed by atoms with Gasteiger partial charge in [0.1, 0.15) is 0 Å². The number of aliphatic carboxylic acids is 2. The summed E-state index contributed by atoms with van der Waals surface area (Å²) in [5.74, 6) is -5.51. The monoisotopic (exact) mass is 651 g/mol. The standard InChI is InChI=1S/C30H31ClFNO10S/c1-14(29(37)38)7-19(34)22-11-16-9-21(27(41-3)25(32)28(16)44-22)43-6-4-5-42-20-10-17-12-33(13-18(17)24(31)26(20)36)23(35)8-15(2)30(39)40/h9-11,14-15,36H,4-8,12-13H2,1-3H3,(H,37,38)(H,39,40). The number of halogens is 2. The van der Waals surface area contributed by atoms with E-state index in [4.69, 9.17) is 36.0 Å². The molecule has 0 bridgehead atoms. The van der Waals surface area contributed by atoms with Crippen molar-refractivity contribution in [2.45, 2.75) is 46.2 Å². The number of methoxy groups -OCH3 is 1. The van der Waals surface area contributed by atoms with Gasteiger partial charge in [0, 0.05) is 37.7 Å². The second-order valence-corrected chi connectivity index (χ2v) is 12.0. The number of rotatable bonds is 14. The molecule has 0 aliphatic carbocycles. The Morgan fingerprint density at radius 2 is 1.64 bits per heavy atom. The molecule has 0 spiro atoms. The van der Waals surface area contributed by atoms with Gasteiger partial charge in [0.05, 0.1) is 46.8 Å². The summed E-state index contributed by atoms with van der Waals surface area (Å²) in [6, 6.07) is 4.63. The molecule has 3 aromatic rings. The molecule has 236 valence electrons. The Morgan fingerprint density at radius 1 is 1.00 bits per heavy atom. The molecule has 0 radical (unpaired) electrons. The predicted molar refractivity (Wildman–Crippen MR) is 158 cm³/mol. The van der Waals surface area contributed by atoms with Gasteiger partial charge in [-0.05, 0) is 29.3 Å². The molecule has 1 aromatic heterocycles. The SMILES string of the molecule is COc1c(OCCCOc2cc3c(c(Cl)c2O)CN(C(=O)CC(C)C(=O)O)C3)cc2cc(C(=O)CC(C)C(=O)O)sc2c1F. The number of fused-ring (bicyclic) bond motifs is 2. The first-order chi connectivity index (χ1) is 20.8. The van der Waals surface area contributed by atoms with E-state index >= 15 is 4.39 Å². The largest absolute Gasteiger partial charge is 0.503 e. The van der Waals surface area contributed by atoms with Gasteiger partial charge in [0.25, 0.3) is 0 Å². The molecule has 1 aliphatic heterocycles. The number of ether oxygens (including phenoxy) is 3. The van der Waals surface area contributed by atoms with Crippen LogP contribution in [0.4, 0.5) is 4.39 Å². The molecule has 11 nitrogen and oxygen atoms in total. The maximum absolute atomic E-state index is 15.2. The fourth-order valence-electron chi connectivity index (χ4n) is 4.66. The number of carboxylic acids is 2. The highest BCUT2D eigenvalue weighted by atomic mass is 35.5. The van der Waals surface area contributed by atoms with E-state index in [1.165, 1.54) is 31.9 Å². The number of nitrogens with zero attached hydrogens (tertiary/aromatic N) is 1. The lowest BCUT2D eigenvalue weighted by Gasteiger charge is -2.16. The Balaban J connectivity index is 1.37. The number of carboxylic acid groups (broad SMARTS) is 2. The van der Waals surface area contributed by atoms with Crippen molar-refractivity contribution in [3.8, 4) is 23.0 Å². The number of hydrogen-bond donors (Lipinski definition) is 3. The van der Waals surface area contributed by atoms with Gasteiger partial charge in [-0.25, -0.2) is 4.39 Å². The van der Waals surface area contributed by atoms with Crippen molar-refractivity contribution in [2.24, 2.45) is 11.8 Å². The summed E-state index contributed by atoms with van der Waals surface area (Å²) in [5.41, 5.74) is 1.24. The van der Waals surface area contributed by atoms with Crippen LogP contribution in [0.3, 0.4) is 0 Å². The Morgan fingerprint density at radius 3 is 2.27 bits per heavy atom. The molecule has 3 N–H and O–H groups in total. The van der Waals surface area contributed by atoms with Crippen molar-refractivity contribution in [3.63, 3.8) is 0 Å². The Labute approximate surface area is 260 Å². The summed E-state index contributed by atoms with van der Waals surface area (Å²) < 4.78 is 32.1. The normalized spacial score (nSPS) is 13.8. The highest BCUT2D eigenvalue weighted by molar-refractivity contribution is 7.20. The molecule has 0 fully saturated rings. The van der Waals surface area contributed by atoms with Crippen LogP contribution in [0.5, 0.6) is 23.0 Å². The molecule has 2 atom stereocenters. The lowest BCUT2D eigenvalue weighted by atomic mass is 10.0. The molecule has 0 saturated heterocycles. The number of benzene rings is 2. The Bertz CT molecular complexity index is 1620. The number of phenolic OH excluding ortho intramolecular Hbond substituents is 1. The molecule has 2 unspecified atom stereocenters. The molecule has 4 rings (SSSR count).